The molecular weight excluding hydrogens is 425 g/mol. The highest BCUT2D eigenvalue weighted by Gasteiger charge is 2.15. The molecule has 0 heterocycles. The fraction of sp³-hybridized carbons (Fsp3) is 0.231. The summed E-state index contributed by atoms with van der Waals surface area (Å²) >= 11 is 0. The minimum absolute atomic E-state index is 0.101. The molecule has 0 aromatic heterocycles. The van der Waals surface area contributed by atoms with Gasteiger partial charge in [0.1, 0.15) is 23.9 Å². The molecule has 0 unspecified atom stereocenters. The Labute approximate surface area is 191 Å². The Morgan fingerprint density at radius 1 is 1.00 bits per heavy atom. The van der Waals surface area contributed by atoms with Gasteiger partial charge < -0.3 is 20.3 Å². The molecule has 0 saturated carbocycles. The highest BCUT2D eigenvalue weighted by atomic mass is 19.1. The summed E-state index contributed by atoms with van der Waals surface area (Å²) in [6.45, 7) is 3.90. The zero-order valence-corrected chi connectivity index (χ0v) is 18.5. The van der Waals surface area contributed by atoms with Crippen molar-refractivity contribution in [2.45, 2.75) is 39.4 Å². The fourth-order valence-corrected chi connectivity index (χ4v) is 3.48. The number of halogens is 1. The summed E-state index contributed by atoms with van der Waals surface area (Å²) in [6, 6.07) is 17.1. The van der Waals surface area contributed by atoms with Crippen molar-refractivity contribution in [2.75, 3.05) is 0 Å². The molecule has 33 heavy (non-hydrogen) atoms. The lowest BCUT2D eigenvalue weighted by molar-refractivity contribution is -0.136. The van der Waals surface area contributed by atoms with Crippen LogP contribution in [0.25, 0.3) is 11.1 Å². The fourth-order valence-electron chi connectivity index (χ4n) is 3.48. The van der Waals surface area contributed by atoms with Gasteiger partial charge in [-0.05, 0) is 54.8 Å². The maximum absolute atomic E-state index is 15.1. The monoisotopic (exact) mass is 451 g/mol. The Hall–Kier alpha value is -3.87. The predicted octanol–water partition coefficient (Wildman–Crippen LogP) is 4.51. The Balaban J connectivity index is 1.95. The highest BCUT2D eigenvalue weighted by molar-refractivity contribution is 5.78. The molecule has 1 amide bonds. The van der Waals surface area contributed by atoms with Gasteiger partial charge in [0.2, 0.25) is 5.91 Å². The number of para-hydroxylation sites is 1. The van der Waals surface area contributed by atoms with Crippen LogP contribution < -0.4 is 15.2 Å². The number of carboxylic acid groups (broad SMARTS) is 1. The molecule has 6 nitrogen and oxygen atoms in total. The zero-order chi connectivity index (χ0) is 24.0. The zero-order valence-electron chi connectivity index (χ0n) is 18.5. The highest BCUT2D eigenvalue weighted by Crippen LogP contribution is 2.31. The Kier molecular flexibility index (Phi) is 7.66. The standard InChI is InChI=1S/C26H26FNO5/c1-16(2)33-21-11-17(15-32-23-9-4-3-6-18(23)14-25(30)31)10-20(12-21)22-8-5-7-19(26(22)27)13-24(28)29/h3-12,16H,13-15H2,1-2H3,(H2,28,29)(H,30,31). The molecule has 0 bridgehead atoms. The van der Waals surface area contributed by atoms with Crippen LogP contribution in [0.5, 0.6) is 11.5 Å². The molecule has 0 radical (unpaired) electrons. The van der Waals surface area contributed by atoms with E-state index in [9.17, 15) is 9.59 Å². The van der Waals surface area contributed by atoms with E-state index in [4.69, 9.17) is 20.3 Å². The molecule has 0 saturated heterocycles. The van der Waals surface area contributed by atoms with Crippen LogP contribution in [0.1, 0.15) is 30.5 Å². The summed E-state index contributed by atoms with van der Waals surface area (Å²) in [5.74, 6) is -1.08. The second kappa shape index (κ2) is 10.6. The molecule has 3 N–H and O–H groups in total. The average molecular weight is 451 g/mol. The Morgan fingerprint density at radius 2 is 1.73 bits per heavy atom. The van der Waals surface area contributed by atoms with Gasteiger partial charge in [-0.1, -0.05) is 36.4 Å². The summed E-state index contributed by atoms with van der Waals surface area (Å²) in [5.41, 5.74) is 7.62. The van der Waals surface area contributed by atoms with E-state index in [0.717, 1.165) is 0 Å². The molecule has 0 aliphatic heterocycles. The van der Waals surface area contributed by atoms with Crippen LogP contribution in [0.4, 0.5) is 4.39 Å². The number of amides is 1. The third-order valence-corrected chi connectivity index (χ3v) is 4.80. The molecule has 3 aromatic carbocycles. The molecule has 172 valence electrons. The van der Waals surface area contributed by atoms with Gasteiger partial charge in [-0.25, -0.2) is 4.39 Å². The minimum Gasteiger partial charge on any atom is -0.491 e. The van der Waals surface area contributed by atoms with Crippen molar-refractivity contribution in [1.82, 2.24) is 0 Å². The van der Waals surface area contributed by atoms with Crippen molar-refractivity contribution in [1.29, 1.82) is 0 Å². The van der Waals surface area contributed by atoms with E-state index < -0.39 is 17.7 Å². The molecule has 0 aliphatic rings. The van der Waals surface area contributed by atoms with E-state index in [-0.39, 0.29) is 31.1 Å². The lowest BCUT2D eigenvalue weighted by Crippen LogP contribution is -2.14. The number of benzene rings is 3. The van der Waals surface area contributed by atoms with Gasteiger partial charge >= 0.3 is 5.97 Å². The van der Waals surface area contributed by atoms with Crippen molar-refractivity contribution in [3.8, 4) is 22.6 Å². The number of carboxylic acids is 1. The molecule has 3 rings (SSSR count). The first-order valence-electron chi connectivity index (χ1n) is 10.5. The van der Waals surface area contributed by atoms with Crippen LogP contribution in [-0.4, -0.2) is 23.1 Å². The molecule has 0 aliphatic carbocycles. The van der Waals surface area contributed by atoms with Crippen molar-refractivity contribution in [3.05, 3.63) is 83.2 Å². The minimum atomic E-state index is -0.952. The van der Waals surface area contributed by atoms with E-state index >= 15 is 4.39 Å². The van der Waals surface area contributed by atoms with Crippen molar-refractivity contribution in [3.63, 3.8) is 0 Å². The smallest absolute Gasteiger partial charge is 0.307 e. The lowest BCUT2D eigenvalue weighted by Gasteiger charge is -2.16. The number of ether oxygens (including phenoxy) is 2. The van der Waals surface area contributed by atoms with Crippen LogP contribution in [-0.2, 0) is 29.0 Å². The van der Waals surface area contributed by atoms with Crippen LogP contribution in [0, 0.1) is 5.82 Å². The molecule has 0 atom stereocenters. The first-order valence-corrected chi connectivity index (χ1v) is 10.5. The van der Waals surface area contributed by atoms with E-state index in [1.165, 1.54) is 6.07 Å². The van der Waals surface area contributed by atoms with E-state index in [1.54, 1.807) is 54.6 Å². The van der Waals surface area contributed by atoms with E-state index in [1.807, 2.05) is 13.8 Å². The van der Waals surface area contributed by atoms with Crippen LogP contribution >= 0.6 is 0 Å². The number of hydrogen-bond donors (Lipinski definition) is 2. The first-order chi connectivity index (χ1) is 15.7. The van der Waals surface area contributed by atoms with Gasteiger partial charge in [-0.15, -0.1) is 0 Å². The van der Waals surface area contributed by atoms with Crippen molar-refractivity contribution < 1.29 is 28.6 Å². The van der Waals surface area contributed by atoms with Crippen LogP contribution in [0.3, 0.4) is 0 Å². The van der Waals surface area contributed by atoms with Crippen molar-refractivity contribution >= 4 is 11.9 Å². The third-order valence-electron chi connectivity index (χ3n) is 4.80. The average Bonchev–Trinajstić information content (AvgIpc) is 2.73. The van der Waals surface area contributed by atoms with Crippen LogP contribution in [0.15, 0.2) is 60.7 Å². The summed E-state index contributed by atoms with van der Waals surface area (Å²) in [5, 5.41) is 9.13. The second-order valence-electron chi connectivity index (χ2n) is 7.92. The molecule has 0 spiro atoms. The second-order valence-corrected chi connectivity index (χ2v) is 7.92. The maximum atomic E-state index is 15.1. The number of rotatable bonds is 10. The number of primary amides is 1. The number of aliphatic carboxylic acids is 1. The van der Waals surface area contributed by atoms with Crippen LogP contribution in [0.2, 0.25) is 0 Å². The molecule has 0 fully saturated rings. The molecular formula is C26H26FNO5. The summed E-state index contributed by atoms with van der Waals surface area (Å²) in [4.78, 5) is 22.4. The lowest BCUT2D eigenvalue weighted by atomic mass is 9.98. The van der Waals surface area contributed by atoms with Gasteiger partial charge in [0, 0.05) is 11.1 Å². The number of hydrogen-bond acceptors (Lipinski definition) is 4. The third kappa shape index (κ3) is 6.55. The summed E-state index contributed by atoms with van der Waals surface area (Å²) < 4.78 is 26.9. The van der Waals surface area contributed by atoms with Gasteiger partial charge in [0.05, 0.1) is 18.9 Å². The van der Waals surface area contributed by atoms with Gasteiger partial charge in [0.15, 0.2) is 0 Å². The predicted molar refractivity (Wildman–Crippen MR) is 123 cm³/mol. The van der Waals surface area contributed by atoms with E-state index in [2.05, 4.69) is 0 Å². The maximum Gasteiger partial charge on any atom is 0.307 e. The summed E-state index contributed by atoms with van der Waals surface area (Å²) in [6.07, 6.45) is -0.454. The molecule has 3 aromatic rings. The summed E-state index contributed by atoms with van der Waals surface area (Å²) in [7, 11) is 0. The number of carbonyl (C=O) groups excluding carboxylic acids is 1. The topological polar surface area (TPSA) is 98.8 Å². The largest absolute Gasteiger partial charge is 0.491 e. The van der Waals surface area contributed by atoms with Crippen molar-refractivity contribution in [2.24, 2.45) is 5.73 Å². The van der Waals surface area contributed by atoms with Gasteiger partial charge in [-0.2, -0.15) is 0 Å². The van der Waals surface area contributed by atoms with Gasteiger partial charge in [0.25, 0.3) is 0 Å². The number of nitrogens with two attached hydrogens (primary N) is 1. The molecule has 7 heteroatoms. The Bertz CT molecular complexity index is 1160. The normalized spacial score (nSPS) is 10.8. The Morgan fingerprint density at radius 3 is 2.42 bits per heavy atom. The SMILES string of the molecule is CC(C)Oc1cc(COc2ccccc2CC(=O)O)cc(-c2cccc(CC(N)=O)c2F)c1. The first kappa shape index (κ1) is 23.8. The van der Waals surface area contributed by atoms with E-state index in [0.29, 0.717) is 33.8 Å². The van der Waals surface area contributed by atoms with Gasteiger partial charge in [-0.3, -0.25) is 9.59 Å². The number of carbonyl (C=O) groups is 2. The quantitative estimate of drug-likeness (QED) is 0.472.